The van der Waals surface area contributed by atoms with Crippen LogP contribution < -0.4 is 10.6 Å². The highest BCUT2D eigenvalue weighted by atomic mass is 32.1. The molecule has 28 heavy (non-hydrogen) atoms. The molecule has 1 aromatic rings. The van der Waals surface area contributed by atoms with Gasteiger partial charge in [0.25, 0.3) is 5.91 Å². The maximum atomic E-state index is 12.7. The Labute approximate surface area is 171 Å². The molecule has 1 rings (SSSR count). The Bertz CT molecular complexity index is 640. The summed E-state index contributed by atoms with van der Waals surface area (Å²) in [6.45, 7) is 6.69. The van der Waals surface area contributed by atoms with Crippen LogP contribution in [-0.2, 0) is 19.1 Å². The maximum absolute atomic E-state index is 12.7. The van der Waals surface area contributed by atoms with Gasteiger partial charge in [-0.2, -0.15) is 12.6 Å². The molecule has 0 radical (unpaired) electrons. The SMILES string of the molecule is CCOCC(C)(C)[C@@H](OC(=O)c1cccnc1)C(=O)NCCC(=O)NCCS. The van der Waals surface area contributed by atoms with Crippen molar-refractivity contribution >= 4 is 30.4 Å². The monoisotopic (exact) mass is 411 g/mol. The quantitative estimate of drug-likeness (QED) is 0.353. The van der Waals surface area contributed by atoms with Gasteiger partial charge in [0.1, 0.15) is 0 Å². The van der Waals surface area contributed by atoms with Crippen LogP contribution in [0.25, 0.3) is 0 Å². The van der Waals surface area contributed by atoms with Crippen LogP contribution in [0.2, 0.25) is 0 Å². The molecule has 0 saturated carbocycles. The third-order valence-electron chi connectivity index (χ3n) is 3.83. The molecule has 0 aromatic carbocycles. The first-order valence-electron chi connectivity index (χ1n) is 9.15. The molecule has 2 N–H and O–H groups in total. The van der Waals surface area contributed by atoms with E-state index >= 15 is 0 Å². The highest BCUT2D eigenvalue weighted by Gasteiger charge is 2.39. The first-order chi connectivity index (χ1) is 13.3. The number of ether oxygens (including phenoxy) is 2. The van der Waals surface area contributed by atoms with Crippen LogP contribution in [0.1, 0.15) is 37.6 Å². The summed E-state index contributed by atoms with van der Waals surface area (Å²) in [6.07, 6.45) is 1.94. The van der Waals surface area contributed by atoms with Gasteiger partial charge >= 0.3 is 5.97 Å². The number of hydrogen-bond acceptors (Lipinski definition) is 7. The van der Waals surface area contributed by atoms with E-state index in [9.17, 15) is 14.4 Å². The van der Waals surface area contributed by atoms with Crippen LogP contribution >= 0.6 is 12.6 Å². The number of nitrogens with one attached hydrogen (secondary N) is 2. The second-order valence-electron chi connectivity index (χ2n) is 6.77. The van der Waals surface area contributed by atoms with Gasteiger partial charge in [-0.25, -0.2) is 4.79 Å². The van der Waals surface area contributed by atoms with E-state index in [0.29, 0.717) is 18.9 Å². The summed E-state index contributed by atoms with van der Waals surface area (Å²) in [7, 11) is 0. The summed E-state index contributed by atoms with van der Waals surface area (Å²) in [5, 5.41) is 5.33. The number of esters is 1. The lowest BCUT2D eigenvalue weighted by Gasteiger charge is -2.32. The third kappa shape index (κ3) is 8.26. The van der Waals surface area contributed by atoms with Crippen molar-refractivity contribution in [2.45, 2.75) is 33.3 Å². The van der Waals surface area contributed by atoms with E-state index in [1.54, 1.807) is 32.2 Å². The Morgan fingerprint density at radius 1 is 1.25 bits per heavy atom. The number of rotatable bonds is 12. The topological polar surface area (TPSA) is 107 Å². The minimum absolute atomic E-state index is 0.120. The smallest absolute Gasteiger partial charge is 0.340 e. The summed E-state index contributed by atoms with van der Waals surface area (Å²) >= 11 is 4.02. The van der Waals surface area contributed by atoms with Crippen LogP contribution in [0.3, 0.4) is 0 Å². The van der Waals surface area contributed by atoms with Crippen LogP contribution in [0.4, 0.5) is 0 Å². The summed E-state index contributed by atoms with van der Waals surface area (Å²) in [5.74, 6) is -0.782. The van der Waals surface area contributed by atoms with Gasteiger partial charge in [0, 0.05) is 49.7 Å². The predicted octanol–water partition coefficient (Wildman–Crippen LogP) is 1.22. The molecule has 8 nitrogen and oxygen atoms in total. The van der Waals surface area contributed by atoms with Crippen molar-refractivity contribution in [3.8, 4) is 0 Å². The fourth-order valence-electron chi connectivity index (χ4n) is 2.34. The van der Waals surface area contributed by atoms with Crippen LogP contribution in [0.15, 0.2) is 24.5 Å². The first-order valence-corrected chi connectivity index (χ1v) is 9.79. The number of carbonyl (C=O) groups is 3. The maximum Gasteiger partial charge on any atom is 0.340 e. The number of hydrogen-bond donors (Lipinski definition) is 3. The van der Waals surface area contributed by atoms with E-state index in [1.807, 2.05) is 6.92 Å². The largest absolute Gasteiger partial charge is 0.448 e. The Morgan fingerprint density at radius 2 is 2.00 bits per heavy atom. The number of thiol groups is 1. The molecule has 0 saturated heterocycles. The Morgan fingerprint density at radius 3 is 2.61 bits per heavy atom. The van der Waals surface area contributed by atoms with Gasteiger partial charge in [-0.1, -0.05) is 13.8 Å². The zero-order valence-corrected chi connectivity index (χ0v) is 17.5. The molecule has 0 aliphatic heterocycles. The molecule has 1 atom stereocenters. The molecule has 0 spiro atoms. The van der Waals surface area contributed by atoms with Crippen molar-refractivity contribution in [1.82, 2.24) is 15.6 Å². The van der Waals surface area contributed by atoms with Crippen LogP contribution in [0, 0.1) is 5.41 Å². The number of amides is 2. The Balaban J connectivity index is 2.78. The lowest BCUT2D eigenvalue weighted by atomic mass is 9.86. The molecule has 1 heterocycles. The summed E-state index contributed by atoms with van der Waals surface area (Å²) in [4.78, 5) is 40.7. The van der Waals surface area contributed by atoms with Gasteiger partial charge in [-0.05, 0) is 19.1 Å². The van der Waals surface area contributed by atoms with Crippen molar-refractivity contribution in [2.75, 3.05) is 32.1 Å². The second-order valence-corrected chi connectivity index (χ2v) is 7.21. The molecule has 9 heteroatoms. The minimum Gasteiger partial charge on any atom is -0.448 e. The molecule has 0 unspecified atom stereocenters. The molecule has 0 fully saturated rings. The van der Waals surface area contributed by atoms with Gasteiger partial charge in [-0.15, -0.1) is 0 Å². The predicted molar refractivity (Wildman–Crippen MR) is 108 cm³/mol. The van der Waals surface area contributed by atoms with E-state index in [0.717, 1.165) is 0 Å². The lowest BCUT2D eigenvalue weighted by Crippen LogP contribution is -2.49. The van der Waals surface area contributed by atoms with E-state index < -0.39 is 23.4 Å². The minimum atomic E-state index is -1.09. The van der Waals surface area contributed by atoms with Crippen LogP contribution in [-0.4, -0.2) is 60.9 Å². The molecule has 0 aliphatic carbocycles. The molecule has 1 aromatic heterocycles. The lowest BCUT2D eigenvalue weighted by molar-refractivity contribution is -0.139. The summed E-state index contributed by atoms with van der Waals surface area (Å²) < 4.78 is 10.9. The standard InChI is InChI=1S/C19H29N3O5S/c1-4-26-13-19(2,3)16(27-18(25)14-6-5-8-20-12-14)17(24)22-9-7-15(23)21-10-11-28/h5-6,8,12,16,28H,4,7,9-11,13H2,1-3H3,(H,21,23)(H,22,24)/t16-/m0/s1. The average molecular weight is 412 g/mol. The molecular formula is C19H29N3O5S. The number of nitrogens with zero attached hydrogens (tertiary/aromatic N) is 1. The van der Waals surface area contributed by atoms with Crippen LogP contribution in [0.5, 0.6) is 0 Å². The molecule has 0 aliphatic rings. The highest BCUT2D eigenvalue weighted by molar-refractivity contribution is 7.80. The number of carbonyl (C=O) groups excluding carboxylic acids is 3. The van der Waals surface area contributed by atoms with Crippen molar-refractivity contribution in [2.24, 2.45) is 5.41 Å². The fraction of sp³-hybridized carbons (Fsp3) is 0.579. The normalized spacial score (nSPS) is 12.1. The molecular weight excluding hydrogens is 382 g/mol. The number of aromatic nitrogens is 1. The Kier molecular flexibility index (Phi) is 10.5. The van der Waals surface area contributed by atoms with E-state index in [2.05, 4.69) is 28.2 Å². The van der Waals surface area contributed by atoms with Gasteiger partial charge in [0.2, 0.25) is 5.91 Å². The van der Waals surface area contributed by atoms with E-state index in [4.69, 9.17) is 9.47 Å². The van der Waals surface area contributed by atoms with Gasteiger partial charge in [-0.3, -0.25) is 14.6 Å². The third-order valence-corrected chi connectivity index (χ3v) is 4.06. The highest BCUT2D eigenvalue weighted by Crippen LogP contribution is 2.25. The van der Waals surface area contributed by atoms with Crippen molar-refractivity contribution < 1.29 is 23.9 Å². The second kappa shape index (κ2) is 12.4. The zero-order valence-electron chi connectivity index (χ0n) is 16.6. The average Bonchev–Trinajstić information content (AvgIpc) is 2.69. The fourth-order valence-corrected chi connectivity index (χ4v) is 2.45. The first kappa shape index (κ1) is 23.9. The van der Waals surface area contributed by atoms with E-state index in [1.165, 1.54) is 6.20 Å². The van der Waals surface area contributed by atoms with Crippen molar-refractivity contribution in [3.63, 3.8) is 0 Å². The van der Waals surface area contributed by atoms with E-state index in [-0.39, 0.29) is 31.0 Å². The van der Waals surface area contributed by atoms with Crippen molar-refractivity contribution in [1.29, 1.82) is 0 Å². The molecule has 2 amide bonds. The number of pyridine rings is 1. The Hall–Kier alpha value is -2.13. The molecule has 0 bridgehead atoms. The van der Waals surface area contributed by atoms with Gasteiger partial charge in [0.05, 0.1) is 12.2 Å². The van der Waals surface area contributed by atoms with Crippen molar-refractivity contribution in [3.05, 3.63) is 30.1 Å². The van der Waals surface area contributed by atoms with Gasteiger partial charge in [0.15, 0.2) is 6.10 Å². The summed E-state index contributed by atoms with van der Waals surface area (Å²) in [6, 6.07) is 3.17. The van der Waals surface area contributed by atoms with Gasteiger partial charge < -0.3 is 20.1 Å². The zero-order chi connectivity index (χ0) is 21.0. The summed E-state index contributed by atoms with van der Waals surface area (Å²) in [5.41, 5.74) is -0.523. The molecule has 156 valence electrons.